The summed E-state index contributed by atoms with van der Waals surface area (Å²) in [5, 5.41) is 3.84. The van der Waals surface area contributed by atoms with Crippen molar-refractivity contribution in [2.75, 3.05) is 20.8 Å². The highest BCUT2D eigenvalue weighted by Gasteiger charge is 2.04. The fraction of sp³-hybridized carbons (Fsp3) is 0.167. The number of methoxy groups -OCH3 is 2. The SMILES string of the molecule is COC(=O)c1ccc(/C=N\NC(=O)COc2ccc(OC)cc2)cc1. The second-order valence-electron chi connectivity index (χ2n) is 4.87. The van der Waals surface area contributed by atoms with Gasteiger partial charge in [0.25, 0.3) is 5.91 Å². The molecule has 0 radical (unpaired) electrons. The molecule has 1 N–H and O–H groups in total. The van der Waals surface area contributed by atoms with Crippen LogP contribution in [-0.4, -0.2) is 38.9 Å². The third-order valence-corrected chi connectivity index (χ3v) is 3.16. The topological polar surface area (TPSA) is 86.2 Å². The molecule has 0 unspecified atom stereocenters. The van der Waals surface area contributed by atoms with Crippen molar-refractivity contribution in [1.82, 2.24) is 5.43 Å². The van der Waals surface area contributed by atoms with Gasteiger partial charge in [-0.15, -0.1) is 0 Å². The van der Waals surface area contributed by atoms with Gasteiger partial charge in [0.2, 0.25) is 0 Å². The lowest BCUT2D eigenvalue weighted by Crippen LogP contribution is -2.24. The van der Waals surface area contributed by atoms with Crippen LogP contribution in [-0.2, 0) is 9.53 Å². The summed E-state index contributed by atoms with van der Waals surface area (Å²) in [7, 11) is 2.89. The Bertz CT molecular complexity index is 739. The van der Waals surface area contributed by atoms with Crippen molar-refractivity contribution in [3.63, 3.8) is 0 Å². The van der Waals surface area contributed by atoms with E-state index in [1.165, 1.54) is 13.3 Å². The van der Waals surface area contributed by atoms with Gasteiger partial charge >= 0.3 is 5.97 Å². The van der Waals surface area contributed by atoms with E-state index in [0.29, 0.717) is 17.1 Å². The molecule has 1 amide bonds. The first-order valence-electron chi connectivity index (χ1n) is 7.39. The summed E-state index contributed by atoms with van der Waals surface area (Å²) in [4.78, 5) is 23.0. The third-order valence-electron chi connectivity index (χ3n) is 3.16. The molecule has 2 rings (SSSR count). The minimum absolute atomic E-state index is 0.162. The van der Waals surface area contributed by atoms with E-state index in [0.717, 1.165) is 5.56 Å². The van der Waals surface area contributed by atoms with Crippen molar-refractivity contribution in [3.05, 3.63) is 59.7 Å². The zero-order valence-corrected chi connectivity index (χ0v) is 13.9. The number of hydrazone groups is 1. The summed E-state index contributed by atoms with van der Waals surface area (Å²) in [6, 6.07) is 13.5. The molecule has 0 spiro atoms. The van der Waals surface area contributed by atoms with Gasteiger partial charge in [0.05, 0.1) is 26.0 Å². The highest BCUT2D eigenvalue weighted by Crippen LogP contribution is 2.16. The molecule has 25 heavy (non-hydrogen) atoms. The zero-order valence-electron chi connectivity index (χ0n) is 13.9. The Morgan fingerprint density at radius 2 is 1.64 bits per heavy atom. The molecule has 0 aliphatic rings. The minimum Gasteiger partial charge on any atom is -0.497 e. The monoisotopic (exact) mass is 342 g/mol. The number of nitrogens with zero attached hydrogens (tertiary/aromatic N) is 1. The van der Waals surface area contributed by atoms with Crippen LogP contribution >= 0.6 is 0 Å². The van der Waals surface area contributed by atoms with Crippen molar-refractivity contribution in [1.29, 1.82) is 0 Å². The number of amides is 1. The molecular weight excluding hydrogens is 324 g/mol. The van der Waals surface area contributed by atoms with Crippen LogP contribution in [0.3, 0.4) is 0 Å². The number of carbonyl (C=O) groups excluding carboxylic acids is 2. The highest BCUT2D eigenvalue weighted by atomic mass is 16.5. The second kappa shape index (κ2) is 9.07. The van der Waals surface area contributed by atoms with Crippen LogP contribution in [0, 0.1) is 0 Å². The predicted octanol–water partition coefficient (Wildman–Crippen LogP) is 2.01. The van der Waals surface area contributed by atoms with Gasteiger partial charge in [-0.3, -0.25) is 4.79 Å². The molecule has 0 saturated heterocycles. The minimum atomic E-state index is -0.410. The largest absolute Gasteiger partial charge is 0.497 e. The summed E-state index contributed by atoms with van der Waals surface area (Å²) in [6.45, 7) is -0.162. The van der Waals surface area contributed by atoms with Gasteiger partial charge in [-0.1, -0.05) is 12.1 Å². The maximum Gasteiger partial charge on any atom is 0.337 e. The molecule has 7 nitrogen and oxygen atoms in total. The van der Waals surface area contributed by atoms with Crippen molar-refractivity contribution in [2.24, 2.45) is 5.10 Å². The van der Waals surface area contributed by atoms with Crippen LogP contribution < -0.4 is 14.9 Å². The number of benzene rings is 2. The van der Waals surface area contributed by atoms with Gasteiger partial charge in [0.1, 0.15) is 11.5 Å². The first-order valence-corrected chi connectivity index (χ1v) is 7.39. The Balaban J connectivity index is 1.78. The van der Waals surface area contributed by atoms with Gasteiger partial charge in [-0.05, 0) is 42.0 Å². The Labute approximate surface area is 145 Å². The van der Waals surface area contributed by atoms with Crippen molar-refractivity contribution >= 4 is 18.1 Å². The number of ether oxygens (including phenoxy) is 3. The first-order chi connectivity index (χ1) is 12.1. The van der Waals surface area contributed by atoms with Gasteiger partial charge in [0.15, 0.2) is 6.61 Å². The molecule has 7 heteroatoms. The fourth-order valence-electron chi connectivity index (χ4n) is 1.86. The van der Waals surface area contributed by atoms with E-state index < -0.39 is 11.9 Å². The fourth-order valence-corrected chi connectivity index (χ4v) is 1.86. The smallest absolute Gasteiger partial charge is 0.337 e. The summed E-state index contributed by atoms with van der Waals surface area (Å²) >= 11 is 0. The second-order valence-corrected chi connectivity index (χ2v) is 4.87. The van der Waals surface area contributed by atoms with E-state index in [1.54, 1.807) is 55.6 Å². The predicted molar refractivity (Wildman–Crippen MR) is 92.0 cm³/mol. The highest BCUT2D eigenvalue weighted by molar-refractivity contribution is 5.90. The number of esters is 1. The molecule has 2 aromatic carbocycles. The van der Waals surface area contributed by atoms with Crippen molar-refractivity contribution in [3.8, 4) is 11.5 Å². The molecule has 0 aromatic heterocycles. The first kappa shape index (κ1) is 18.0. The Hall–Kier alpha value is -3.35. The Morgan fingerprint density at radius 1 is 1.00 bits per heavy atom. The normalized spacial score (nSPS) is 10.3. The van der Waals surface area contributed by atoms with E-state index >= 15 is 0 Å². The van der Waals surface area contributed by atoms with Gasteiger partial charge in [-0.2, -0.15) is 5.10 Å². The molecule has 2 aromatic rings. The van der Waals surface area contributed by atoms with Gasteiger partial charge in [0, 0.05) is 0 Å². The van der Waals surface area contributed by atoms with Gasteiger partial charge in [-0.25, -0.2) is 10.2 Å². The molecule has 0 aliphatic carbocycles. The molecular formula is C18H18N2O5. The van der Waals surface area contributed by atoms with Crippen LogP contribution in [0.4, 0.5) is 0 Å². The molecule has 0 aliphatic heterocycles. The Morgan fingerprint density at radius 3 is 2.24 bits per heavy atom. The number of nitrogens with one attached hydrogen (secondary N) is 1. The van der Waals surface area contributed by atoms with Gasteiger partial charge < -0.3 is 14.2 Å². The summed E-state index contributed by atoms with van der Waals surface area (Å²) < 4.78 is 15.0. The zero-order chi connectivity index (χ0) is 18.1. The lowest BCUT2D eigenvalue weighted by atomic mass is 10.1. The molecule has 0 heterocycles. The molecule has 0 bridgehead atoms. The average Bonchev–Trinajstić information content (AvgIpc) is 2.66. The van der Waals surface area contributed by atoms with E-state index in [9.17, 15) is 9.59 Å². The maximum absolute atomic E-state index is 11.7. The molecule has 0 fully saturated rings. The van der Waals surface area contributed by atoms with Crippen LogP contribution in [0.15, 0.2) is 53.6 Å². The summed E-state index contributed by atoms with van der Waals surface area (Å²) in [5.41, 5.74) is 3.53. The van der Waals surface area contributed by atoms with E-state index in [1.807, 2.05) is 0 Å². The number of hydrogen-bond acceptors (Lipinski definition) is 6. The lowest BCUT2D eigenvalue weighted by molar-refractivity contribution is -0.123. The lowest BCUT2D eigenvalue weighted by Gasteiger charge is -2.05. The molecule has 130 valence electrons. The van der Waals surface area contributed by atoms with Crippen molar-refractivity contribution in [2.45, 2.75) is 0 Å². The quantitative estimate of drug-likeness (QED) is 0.472. The van der Waals surface area contributed by atoms with Crippen molar-refractivity contribution < 1.29 is 23.8 Å². The van der Waals surface area contributed by atoms with E-state index in [4.69, 9.17) is 9.47 Å². The number of rotatable bonds is 7. The van der Waals surface area contributed by atoms with Crippen LogP contribution in [0.25, 0.3) is 0 Å². The van der Waals surface area contributed by atoms with Crippen LogP contribution in [0.1, 0.15) is 15.9 Å². The third kappa shape index (κ3) is 5.65. The van der Waals surface area contributed by atoms with E-state index in [2.05, 4.69) is 15.3 Å². The summed E-state index contributed by atoms with van der Waals surface area (Å²) in [6.07, 6.45) is 1.46. The number of carbonyl (C=O) groups is 2. The van der Waals surface area contributed by atoms with Crippen LogP contribution in [0.2, 0.25) is 0 Å². The standard InChI is InChI=1S/C18H18N2O5/c1-23-15-7-9-16(10-8-15)25-12-17(21)20-19-11-13-3-5-14(6-4-13)18(22)24-2/h3-11H,12H2,1-2H3,(H,20,21)/b19-11-. The molecule has 0 saturated carbocycles. The van der Waals surface area contributed by atoms with Crippen LogP contribution in [0.5, 0.6) is 11.5 Å². The number of hydrogen-bond donors (Lipinski definition) is 1. The molecule has 0 atom stereocenters. The van der Waals surface area contributed by atoms with E-state index in [-0.39, 0.29) is 6.61 Å². The average molecular weight is 342 g/mol. The maximum atomic E-state index is 11.7. The Kier molecular flexibility index (Phi) is 6.53. The summed E-state index contributed by atoms with van der Waals surface area (Å²) in [5.74, 6) is 0.462.